The summed E-state index contributed by atoms with van der Waals surface area (Å²) in [5.41, 5.74) is 1.43. The molecule has 4 aromatic rings. The average Bonchev–Trinajstić information content (AvgIpc) is 2.86. The lowest BCUT2D eigenvalue weighted by atomic mass is 10.0. The third-order valence-electron chi connectivity index (χ3n) is 5.20. The number of ether oxygens (including phenoxy) is 1. The first kappa shape index (κ1) is 27.3. The zero-order valence-electron chi connectivity index (χ0n) is 19.1. The van der Waals surface area contributed by atoms with E-state index in [1.807, 2.05) is 18.2 Å². The number of anilines is 1. The van der Waals surface area contributed by atoms with Crippen LogP contribution in [0.1, 0.15) is 20.7 Å². The van der Waals surface area contributed by atoms with Gasteiger partial charge in [0.2, 0.25) is 0 Å². The predicted molar refractivity (Wildman–Crippen MR) is 148 cm³/mol. The van der Waals surface area contributed by atoms with Gasteiger partial charge in [0.15, 0.2) is 5.75 Å². The molecule has 11 heteroatoms. The molecule has 4 aromatic carbocycles. The normalized spacial score (nSPS) is 10.5. The van der Waals surface area contributed by atoms with Crippen LogP contribution < -0.4 is 15.4 Å². The van der Waals surface area contributed by atoms with Gasteiger partial charge in [-0.1, -0.05) is 82.8 Å². The number of hydrogen-bond acceptors (Lipinski definition) is 4. The lowest BCUT2D eigenvalue weighted by Gasteiger charge is -2.16. The summed E-state index contributed by atoms with van der Waals surface area (Å²) in [6, 6.07) is 19.8. The average molecular weight is 590 g/mol. The van der Waals surface area contributed by atoms with Gasteiger partial charge in [0.05, 0.1) is 31.2 Å². The second-order valence-electron chi connectivity index (χ2n) is 7.76. The summed E-state index contributed by atoms with van der Waals surface area (Å²) >= 11 is 24.9. The summed E-state index contributed by atoms with van der Waals surface area (Å²) in [6.45, 7) is 0. The van der Waals surface area contributed by atoms with Crippen LogP contribution >= 0.6 is 46.4 Å². The Labute approximate surface area is 236 Å². The minimum atomic E-state index is -1.09. The first-order chi connectivity index (χ1) is 18.1. The number of hydrogen-bond donors (Lipinski definition) is 3. The maximum atomic E-state index is 12.4. The highest BCUT2D eigenvalue weighted by atomic mass is 35.5. The highest BCUT2D eigenvalue weighted by molar-refractivity contribution is 6.40. The zero-order chi connectivity index (χ0) is 27.4. The number of carboxylic acids is 1. The van der Waals surface area contributed by atoms with Gasteiger partial charge in [0.1, 0.15) is 5.75 Å². The van der Waals surface area contributed by atoms with Crippen molar-refractivity contribution >= 4 is 70.0 Å². The van der Waals surface area contributed by atoms with Crippen molar-refractivity contribution in [3.8, 4) is 22.6 Å². The summed E-state index contributed by atoms with van der Waals surface area (Å²) in [6.07, 6.45) is 0. The Morgan fingerprint density at radius 1 is 0.737 bits per heavy atom. The molecule has 38 heavy (non-hydrogen) atoms. The van der Waals surface area contributed by atoms with Crippen LogP contribution in [0.5, 0.6) is 11.5 Å². The highest BCUT2D eigenvalue weighted by Crippen LogP contribution is 2.42. The molecule has 0 atom stereocenters. The van der Waals surface area contributed by atoms with Crippen LogP contribution in [-0.4, -0.2) is 23.0 Å². The molecule has 0 radical (unpaired) electrons. The van der Waals surface area contributed by atoms with E-state index in [4.69, 9.17) is 51.1 Å². The largest absolute Gasteiger partial charge is 0.478 e. The maximum absolute atomic E-state index is 12.4. The molecule has 0 aliphatic carbocycles. The molecule has 192 valence electrons. The Bertz CT molecular complexity index is 1520. The summed E-state index contributed by atoms with van der Waals surface area (Å²) in [5, 5.41) is 14.3. The van der Waals surface area contributed by atoms with Crippen molar-refractivity contribution in [3.63, 3.8) is 0 Å². The van der Waals surface area contributed by atoms with Crippen molar-refractivity contribution in [2.45, 2.75) is 0 Å². The first-order valence-electron chi connectivity index (χ1n) is 10.8. The third-order valence-corrected chi connectivity index (χ3v) is 6.39. The fourth-order valence-electron chi connectivity index (χ4n) is 3.48. The molecule has 0 aromatic heterocycles. The zero-order valence-corrected chi connectivity index (χ0v) is 22.1. The quantitative estimate of drug-likeness (QED) is 0.209. The van der Waals surface area contributed by atoms with E-state index < -0.39 is 17.9 Å². The Balaban J connectivity index is 1.56. The van der Waals surface area contributed by atoms with Crippen LogP contribution in [0.2, 0.25) is 20.1 Å². The number of nitrogens with one attached hydrogen (secondary N) is 2. The molecule has 0 heterocycles. The van der Waals surface area contributed by atoms with Crippen molar-refractivity contribution in [3.05, 3.63) is 110 Å². The number of imide groups is 1. The number of halogens is 4. The van der Waals surface area contributed by atoms with Gasteiger partial charge in [-0.3, -0.25) is 10.1 Å². The van der Waals surface area contributed by atoms with E-state index >= 15 is 0 Å². The minimum absolute atomic E-state index is 0.0473. The van der Waals surface area contributed by atoms with E-state index in [-0.39, 0.29) is 42.7 Å². The van der Waals surface area contributed by atoms with Gasteiger partial charge in [0, 0.05) is 11.3 Å². The molecule has 7 nitrogen and oxygen atoms in total. The number of carbonyl (C=O) groups is 3. The molecule has 0 saturated heterocycles. The Morgan fingerprint density at radius 3 is 1.97 bits per heavy atom. The molecule has 0 fully saturated rings. The van der Waals surface area contributed by atoms with E-state index in [0.717, 1.165) is 5.56 Å². The van der Waals surface area contributed by atoms with Gasteiger partial charge < -0.3 is 15.2 Å². The first-order valence-corrected chi connectivity index (χ1v) is 12.3. The van der Waals surface area contributed by atoms with Crippen LogP contribution in [0.25, 0.3) is 11.1 Å². The number of aromatic carboxylic acids is 1. The second kappa shape index (κ2) is 11.8. The number of benzene rings is 4. The molecule has 0 saturated carbocycles. The Morgan fingerprint density at radius 2 is 1.37 bits per heavy atom. The monoisotopic (exact) mass is 588 g/mol. The van der Waals surface area contributed by atoms with E-state index in [0.29, 0.717) is 11.3 Å². The lowest BCUT2D eigenvalue weighted by molar-refractivity contribution is 0.0696. The SMILES string of the molecule is O=C(NC(=O)c1c(Cl)cccc1Cl)Nc1cc(Cl)c(Oc2ccc(C(=O)O)cc2-c2ccccc2)c(Cl)c1. The minimum Gasteiger partial charge on any atom is -0.478 e. The fourth-order valence-corrected chi connectivity index (χ4v) is 4.61. The van der Waals surface area contributed by atoms with E-state index in [1.54, 1.807) is 18.2 Å². The summed E-state index contributed by atoms with van der Waals surface area (Å²) in [5.74, 6) is -1.49. The molecule has 0 aliphatic heterocycles. The lowest BCUT2D eigenvalue weighted by Crippen LogP contribution is -2.34. The standard InChI is InChI=1S/C27H16Cl4N2O5/c28-18-7-4-8-19(29)23(18)25(34)33-27(37)32-16-12-20(30)24(21(31)13-16)38-22-10-9-15(26(35)36)11-17(22)14-5-2-1-3-6-14/h1-13H,(H,35,36)(H2,32,33,34,37). The number of urea groups is 1. The smallest absolute Gasteiger partial charge is 0.335 e. The molecule has 0 bridgehead atoms. The van der Waals surface area contributed by atoms with Crippen LogP contribution in [-0.2, 0) is 0 Å². The van der Waals surface area contributed by atoms with Gasteiger partial charge in [-0.05, 0) is 48.0 Å². The summed E-state index contributed by atoms with van der Waals surface area (Å²) in [4.78, 5) is 36.4. The van der Waals surface area contributed by atoms with Crippen LogP contribution in [0, 0.1) is 0 Å². The number of rotatable bonds is 6. The molecule has 3 N–H and O–H groups in total. The van der Waals surface area contributed by atoms with Gasteiger partial charge in [-0.25, -0.2) is 9.59 Å². The van der Waals surface area contributed by atoms with Gasteiger partial charge in [-0.15, -0.1) is 0 Å². The van der Waals surface area contributed by atoms with Crippen molar-refractivity contribution in [1.29, 1.82) is 0 Å². The molecule has 0 unspecified atom stereocenters. The summed E-state index contributed by atoms with van der Waals surface area (Å²) < 4.78 is 6.00. The van der Waals surface area contributed by atoms with Crippen LogP contribution in [0.3, 0.4) is 0 Å². The van der Waals surface area contributed by atoms with Gasteiger partial charge in [0.25, 0.3) is 5.91 Å². The predicted octanol–water partition coefficient (Wildman–Crippen LogP) is 8.42. The molecule has 0 spiro atoms. The van der Waals surface area contributed by atoms with E-state index in [1.165, 1.54) is 42.5 Å². The van der Waals surface area contributed by atoms with E-state index in [2.05, 4.69) is 10.6 Å². The van der Waals surface area contributed by atoms with Crippen LogP contribution in [0.4, 0.5) is 10.5 Å². The highest BCUT2D eigenvalue weighted by Gasteiger charge is 2.19. The maximum Gasteiger partial charge on any atom is 0.335 e. The van der Waals surface area contributed by atoms with Crippen molar-refractivity contribution in [2.75, 3.05) is 5.32 Å². The second-order valence-corrected chi connectivity index (χ2v) is 9.39. The Kier molecular flexibility index (Phi) is 8.44. The topological polar surface area (TPSA) is 105 Å². The van der Waals surface area contributed by atoms with Gasteiger partial charge >= 0.3 is 12.0 Å². The van der Waals surface area contributed by atoms with Crippen LogP contribution in [0.15, 0.2) is 78.9 Å². The number of carboxylic acid groups (broad SMARTS) is 1. The number of carbonyl (C=O) groups excluding carboxylic acids is 2. The molecule has 0 aliphatic rings. The molecular weight excluding hydrogens is 574 g/mol. The molecule has 4 rings (SSSR count). The van der Waals surface area contributed by atoms with Crippen molar-refractivity contribution in [2.24, 2.45) is 0 Å². The Hall–Kier alpha value is -3.75. The summed E-state index contributed by atoms with van der Waals surface area (Å²) in [7, 11) is 0. The number of amides is 3. The third kappa shape index (κ3) is 6.20. The van der Waals surface area contributed by atoms with Crippen molar-refractivity contribution in [1.82, 2.24) is 5.32 Å². The molecular formula is C27H16Cl4N2O5. The van der Waals surface area contributed by atoms with E-state index in [9.17, 15) is 19.5 Å². The fraction of sp³-hybridized carbons (Fsp3) is 0. The van der Waals surface area contributed by atoms with Crippen molar-refractivity contribution < 1.29 is 24.2 Å². The molecule has 3 amide bonds. The van der Waals surface area contributed by atoms with Gasteiger partial charge in [-0.2, -0.15) is 0 Å².